The average molecular weight is 543 g/mol. The van der Waals surface area contributed by atoms with Gasteiger partial charge in [0.15, 0.2) is 11.5 Å². The van der Waals surface area contributed by atoms with E-state index in [1.54, 1.807) is 35.2 Å². The van der Waals surface area contributed by atoms with Gasteiger partial charge in [-0.05, 0) is 61.4 Å². The minimum absolute atomic E-state index is 0.0348. The van der Waals surface area contributed by atoms with Gasteiger partial charge in [0.1, 0.15) is 11.7 Å². The molecule has 0 bridgehead atoms. The average Bonchev–Trinajstić information content (AvgIpc) is 3.60. The molecule has 0 radical (unpaired) electrons. The number of benzene rings is 1. The topological polar surface area (TPSA) is 101 Å². The lowest BCUT2D eigenvalue weighted by atomic mass is 9.95. The Morgan fingerprint density at radius 1 is 1.13 bits per heavy atom. The Morgan fingerprint density at radius 2 is 1.92 bits per heavy atom. The van der Waals surface area contributed by atoms with Crippen LogP contribution in [0.3, 0.4) is 0 Å². The fraction of sp³-hybridized carbons (Fsp3) is 0.500. The standard InChI is InChI=1S/C28H32F2N4O5/c1-17(35)34-15-20(19-8-9-24(39-28(29)30)25(13-19)38-16-18-6-7-18)12-23(34)26(36)31-14-21-4-2-5-22(32-21)27(37)33-10-3-11-33/h2,4-5,8-9,13,18,20,23,28H,3,6-7,10-12,14-16H2,1H3,(H,31,36)/t20?,23-/m1/s1. The number of alkyl halides is 2. The molecule has 2 atom stereocenters. The fourth-order valence-electron chi connectivity index (χ4n) is 4.92. The molecule has 2 saturated heterocycles. The summed E-state index contributed by atoms with van der Waals surface area (Å²) in [6.45, 7) is 0.739. The third kappa shape index (κ3) is 6.46. The second-order valence-corrected chi connectivity index (χ2v) is 10.3. The summed E-state index contributed by atoms with van der Waals surface area (Å²) in [7, 11) is 0. The van der Waals surface area contributed by atoms with Crippen LogP contribution in [0.2, 0.25) is 0 Å². The highest BCUT2D eigenvalue weighted by atomic mass is 19.3. The number of rotatable bonds is 10. The van der Waals surface area contributed by atoms with E-state index in [4.69, 9.17) is 4.74 Å². The van der Waals surface area contributed by atoms with Crippen molar-refractivity contribution in [1.82, 2.24) is 20.1 Å². The van der Waals surface area contributed by atoms with E-state index in [0.717, 1.165) is 37.9 Å². The van der Waals surface area contributed by atoms with Crippen LogP contribution in [0.1, 0.15) is 60.3 Å². The van der Waals surface area contributed by atoms with Crippen LogP contribution in [-0.4, -0.2) is 71.4 Å². The lowest BCUT2D eigenvalue weighted by Gasteiger charge is -2.30. The molecule has 3 fully saturated rings. The van der Waals surface area contributed by atoms with Crippen LogP contribution in [0.15, 0.2) is 36.4 Å². The van der Waals surface area contributed by atoms with Crippen molar-refractivity contribution in [1.29, 1.82) is 0 Å². The number of aromatic nitrogens is 1. The number of carbonyl (C=O) groups is 3. The summed E-state index contributed by atoms with van der Waals surface area (Å²) in [6, 6.07) is 9.23. The Balaban J connectivity index is 1.25. The van der Waals surface area contributed by atoms with Gasteiger partial charge in [-0.1, -0.05) is 12.1 Å². The monoisotopic (exact) mass is 542 g/mol. The highest BCUT2D eigenvalue weighted by Crippen LogP contribution is 2.39. The second kappa shape index (κ2) is 11.5. The van der Waals surface area contributed by atoms with Gasteiger partial charge in [0.2, 0.25) is 11.8 Å². The van der Waals surface area contributed by atoms with Crippen molar-refractivity contribution in [3.8, 4) is 11.5 Å². The van der Waals surface area contributed by atoms with Crippen molar-refractivity contribution >= 4 is 17.7 Å². The van der Waals surface area contributed by atoms with Crippen molar-refractivity contribution in [2.75, 3.05) is 26.2 Å². The fourth-order valence-corrected chi connectivity index (χ4v) is 4.92. The lowest BCUT2D eigenvalue weighted by molar-refractivity contribution is -0.136. The molecule has 11 heteroatoms. The molecule has 0 spiro atoms. The minimum atomic E-state index is -2.98. The van der Waals surface area contributed by atoms with Crippen molar-refractivity contribution in [3.63, 3.8) is 0 Å². The Hall–Kier alpha value is -3.76. The van der Waals surface area contributed by atoms with Gasteiger partial charge in [-0.3, -0.25) is 14.4 Å². The zero-order valence-corrected chi connectivity index (χ0v) is 21.8. The molecule has 3 aliphatic rings. The molecule has 208 valence electrons. The first-order valence-corrected chi connectivity index (χ1v) is 13.3. The van der Waals surface area contributed by atoms with Gasteiger partial charge >= 0.3 is 6.61 Å². The number of carbonyl (C=O) groups excluding carboxylic acids is 3. The van der Waals surface area contributed by atoms with E-state index in [2.05, 4.69) is 15.0 Å². The smallest absolute Gasteiger partial charge is 0.387 e. The molecule has 9 nitrogen and oxygen atoms in total. The van der Waals surface area contributed by atoms with Crippen molar-refractivity contribution in [3.05, 3.63) is 53.3 Å². The number of hydrogen-bond acceptors (Lipinski definition) is 6. The summed E-state index contributed by atoms with van der Waals surface area (Å²) in [4.78, 5) is 45.7. The molecular weight excluding hydrogens is 510 g/mol. The van der Waals surface area contributed by atoms with Crippen molar-refractivity contribution < 1.29 is 32.6 Å². The Morgan fingerprint density at radius 3 is 2.59 bits per heavy atom. The summed E-state index contributed by atoms with van der Waals surface area (Å²) in [5.41, 5.74) is 1.67. The first kappa shape index (κ1) is 26.8. The van der Waals surface area contributed by atoms with Crippen molar-refractivity contribution in [2.24, 2.45) is 5.92 Å². The highest BCUT2D eigenvalue weighted by Gasteiger charge is 2.39. The van der Waals surface area contributed by atoms with Crippen LogP contribution in [0.4, 0.5) is 8.78 Å². The van der Waals surface area contributed by atoms with E-state index in [1.165, 1.54) is 17.9 Å². The molecule has 1 aromatic heterocycles. The van der Waals surface area contributed by atoms with E-state index in [9.17, 15) is 23.2 Å². The van der Waals surface area contributed by atoms with Crippen LogP contribution < -0.4 is 14.8 Å². The van der Waals surface area contributed by atoms with Crippen LogP contribution in [-0.2, 0) is 16.1 Å². The van der Waals surface area contributed by atoms with Crippen LogP contribution in [0.25, 0.3) is 0 Å². The highest BCUT2D eigenvalue weighted by molar-refractivity contribution is 5.92. The third-order valence-corrected chi connectivity index (χ3v) is 7.45. The summed E-state index contributed by atoms with van der Waals surface area (Å²) in [5.74, 6) is -0.249. The lowest BCUT2D eigenvalue weighted by Crippen LogP contribution is -2.45. The molecule has 2 aliphatic heterocycles. The van der Waals surface area contributed by atoms with Crippen LogP contribution >= 0.6 is 0 Å². The van der Waals surface area contributed by atoms with Gasteiger partial charge in [0.05, 0.1) is 18.8 Å². The maximum Gasteiger partial charge on any atom is 0.387 e. The Kier molecular flexibility index (Phi) is 7.94. The largest absolute Gasteiger partial charge is 0.489 e. The quantitative estimate of drug-likeness (QED) is 0.494. The maximum absolute atomic E-state index is 13.2. The number of ether oxygens (including phenoxy) is 2. The molecule has 39 heavy (non-hydrogen) atoms. The van der Waals surface area contributed by atoms with Gasteiger partial charge in [-0.2, -0.15) is 8.78 Å². The molecule has 1 N–H and O–H groups in total. The van der Waals surface area contributed by atoms with Gasteiger partial charge in [-0.15, -0.1) is 0 Å². The predicted molar refractivity (Wildman–Crippen MR) is 136 cm³/mol. The SMILES string of the molecule is CC(=O)N1CC(c2ccc(OC(F)F)c(OCC3CC3)c2)C[C@@H]1C(=O)NCc1cccc(C(=O)N2CCC2)n1. The number of halogens is 2. The number of amides is 3. The number of nitrogens with zero attached hydrogens (tertiary/aromatic N) is 3. The van der Waals surface area contributed by atoms with E-state index < -0.39 is 12.7 Å². The predicted octanol–water partition coefficient (Wildman–Crippen LogP) is 3.34. The molecule has 1 aromatic carbocycles. The number of likely N-dealkylation sites (tertiary alicyclic amines) is 2. The summed E-state index contributed by atoms with van der Waals surface area (Å²) in [6.07, 6.45) is 3.45. The molecule has 3 heterocycles. The minimum Gasteiger partial charge on any atom is -0.489 e. The van der Waals surface area contributed by atoms with Gasteiger partial charge in [0.25, 0.3) is 5.91 Å². The van der Waals surface area contributed by atoms with E-state index in [1.807, 2.05) is 0 Å². The second-order valence-electron chi connectivity index (χ2n) is 10.3. The zero-order chi connectivity index (χ0) is 27.5. The number of pyridine rings is 1. The summed E-state index contributed by atoms with van der Waals surface area (Å²) >= 11 is 0. The van der Waals surface area contributed by atoms with Crippen molar-refractivity contribution in [2.45, 2.75) is 57.7 Å². The zero-order valence-electron chi connectivity index (χ0n) is 21.8. The molecule has 1 unspecified atom stereocenters. The summed E-state index contributed by atoms with van der Waals surface area (Å²) in [5, 5.41) is 2.85. The Labute approximate surface area is 225 Å². The normalized spacial score (nSPS) is 20.5. The van der Waals surface area contributed by atoms with Gasteiger partial charge in [0, 0.05) is 32.5 Å². The molecule has 1 aliphatic carbocycles. The van der Waals surface area contributed by atoms with E-state index in [0.29, 0.717) is 36.9 Å². The number of hydrogen-bond donors (Lipinski definition) is 1. The summed E-state index contributed by atoms with van der Waals surface area (Å²) < 4.78 is 36.3. The molecular formula is C28H32F2N4O5. The maximum atomic E-state index is 13.2. The van der Waals surface area contributed by atoms with E-state index in [-0.39, 0.29) is 41.7 Å². The molecule has 1 saturated carbocycles. The van der Waals surface area contributed by atoms with E-state index >= 15 is 0 Å². The van der Waals surface area contributed by atoms with Gasteiger partial charge in [-0.25, -0.2) is 4.98 Å². The first-order valence-electron chi connectivity index (χ1n) is 13.3. The van der Waals surface area contributed by atoms with Crippen LogP contribution in [0.5, 0.6) is 11.5 Å². The molecule has 3 amide bonds. The first-order chi connectivity index (χ1) is 18.8. The van der Waals surface area contributed by atoms with Crippen LogP contribution in [0, 0.1) is 5.92 Å². The molecule has 5 rings (SSSR count). The van der Waals surface area contributed by atoms with Gasteiger partial charge < -0.3 is 24.6 Å². The third-order valence-electron chi connectivity index (χ3n) is 7.45. The molecule has 2 aromatic rings. The number of nitrogens with one attached hydrogen (secondary N) is 1. The Bertz CT molecular complexity index is 1230.